The first-order valence-corrected chi connectivity index (χ1v) is 4.59. The predicted octanol–water partition coefficient (Wildman–Crippen LogP) is 2.22. The van der Waals surface area contributed by atoms with Crippen LogP contribution in [0.4, 0.5) is 5.82 Å². The van der Waals surface area contributed by atoms with E-state index in [1.54, 1.807) is 0 Å². The smallest absolute Gasteiger partial charge is 0.215 e. The molecule has 0 saturated heterocycles. The van der Waals surface area contributed by atoms with Crippen LogP contribution < -0.4 is 10.5 Å². The van der Waals surface area contributed by atoms with E-state index in [-0.39, 0.29) is 0 Å². The molecule has 1 aromatic carbocycles. The van der Waals surface area contributed by atoms with Crippen molar-refractivity contribution in [1.29, 1.82) is 0 Å². The molecule has 2 aromatic rings. The van der Waals surface area contributed by atoms with Crippen molar-refractivity contribution in [1.82, 2.24) is 4.98 Å². The molecule has 1 aromatic heterocycles. The molecule has 0 unspecified atom stereocenters. The maximum Gasteiger partial charge on any atom is 0.215 e. The molecule has 72 valence electrons. The van der Waals surface area contributed by atoms with Crippen LogP contribution in [-0.4, -0.2) is 11.6 Å². The number of pyridine rings is 1. The zero-order chi connectivity index (χ0) is 9.97. The van der Waals surface area contributed by atoms with E-state index >= 15 is 0 Å². The summed E-state index contributed by atoms with van der Waals surface area (Å²) < 4.78 is 5.30. The van der Waals surface area contributed by atoms with Crippen molar-refractivity contribution in [2.24, 2.45) is 0 Å². The lowest BCUT2D eigenvalue weighted by atomic mass is 10.1. The van der Waals surface area contributed by atoms with Crippen molar-refractivity contribution < 1.29 is 4.74 Å². The average molecular weight is 188 g/mol. The molecule has 0 spiro atoms. The number of aromatic nitrogens is 1. The lowest BCUT2D eigenvalue weighted by Crippen LogP contribution is -1.98. The summed E-state index contributed by atoms with van der Waals surface area (Å²) in [6, 6.07) is 9.76. The number of benzene rings is 1. The lowest BCUT2D eigenvalue weighted by Gasteiger charge is -2.05. The Morgan fingerprint density at radius 1 is 1.36 bits per heavy atom. The van der Waals surface area contributed by atoms with Gasteiger partial charge in [-0.05, 0) is 12.3 Å². The fourth-order valence-electron chi connectivity index (χ4n) is 1.42. The maximum absolute atomic E-state index is 5.80. The summed E-state index contributed by atoms with van der Waals surface area (Å²) in [5.74, 6) is 1.11. The molecule has 0 radical (unpaired) electrons. The second-order valence-corrected chi connectivity index (χ2v) is 3.00. The van der Waals surface area contributed by atoms with Crippen LogP contribution in [0, 0.1) is 0 Å². The molecule has 0 atom stereocenters. The van der Waals surface area contributed by atoms with Gasteiger partial charge in [0.05, 0.1) is 6.61 Å². The summed E-state index contributed by atoms with van der Waals surface area (Å²) >= 11 is 0. The van der Waals surface area contributed by atoms with E-state index in [1.165, 1.54) is 0 Å². The Kier molecular flexibility index (Phi) is 2.23. The molecular formula is C11H12N2O. The molecule has 2 N–H and O–H groups in total. The van der Waals surface area contributed by atoms with Gasteiger partial charge in [-0.3, -0.25) is 0 Å². The third-order valence-corrected chi connectivity index (χ3v) is 2.04. The molecule has 0 bridgehead atoms. The van der Waals surface area contributed by atoms with Crippen molar-refractivity contribution >= 4 is 16.6 Å². The maximum atomic E-state index is 5.80. The van der Waals surface area contributed by atoms with Crippen molar-refractivity contribution in [2.75, 3.05) is 12.3 Å². The second kappa shape index (κ2) is 3.54. The fourth-order valence-corrected chi connectivity index (χ4v) is 1.42. The van der Waals surface area contributed by atoms with Crippen LogP contribution in [0.5, 0.6) is 5.88 Å². The minimum atomic E-state index is 0.520. The number of nitrogen functional groups attached to an aromatic ring is 1. The van der Waals surface area contributed by atoms with Gasteiger partial charge in [-0.15, -0.1) is 0 Å². The molecule has 3 heteroatoms. The molecular weight excluding hydrogens is 176 g/mol. The zero-order valence-corrected chi connectivity index (χ0v) is 8.03. The van der Waals surface area contributed by atoms with Crippen LogP contribution >= 0.6 is 0 Å². The quantitative estimate of drug-likeness (QED) is 0.786. The zero-order valence-electron chi connectivity index (χ0n) is 8.03. The van der Waals surface area contributed by atoms with Gasteiger partial charge < -0.3 is 10.5 Å². The largest absolute Gasteiger partial charge is 0.478 e. The first kappa shape index (κ1) is 8.81. The molecule has 0 fully saturated rings. The molecule has 0 amide bonds. The highest BCUT2D eigenvalue weighted by Gasteiger charge is 2.02. The van der Waals surface area contributed by atoms with Gasteiger partial charge in [-0.2, -0.15) is 4.98 Å². The number of nitrogens with two attached hydrogens (primary N) is 1. The first-order valence-electron chi connectivity index (χ1n) is 4.59. The SMILES string of the molecule is CCOc1cc2ccccc2c(N)n1. The standard InChI is InChI=1S/C11H12N2O/c1-2-14-10-7-8-5-3-4-6-9(8)11(12)13-10/h3-7H,2H2,1H3,(H2,12,13). The fraction of sp³-hybridized carbons (Fsp3) is 0.182. The monoisotopic (exact) mass is 188 g/mol. The van der Waals surface area contributed by atoms with Crippen LogP contribution in [0.1, 0.15) is 6.92 Å². The van der Waals surface area contributed by atoms with E-state index in [0.717, 1.165) is 10.8 Å². The van der Waals surface area contributed by atoms with Crippen molar-refractivity contribution in [3.63, 3.8) is 0 Å². The van der Waals surface area contributed by atoms with Crippen LogP contribution in [0.2, 0.25) is 0 Å². The number of rotatable bonds is 2. The van der Waals surface area contributed by atoms with E-state index in [2.05, 4.69) is 4.98 Å². The van der Waals surface area contributed by atoms with Gasteiger partial charge in [0, 0.05) is 11.5 Å². The highest BCUT2D eigenvalue weighted by Crippen LogP contribution is 2.23. The van der Waals surface area contributed by atoms with Crippen LogP contribution in [0.3, 0.4) is 0 Å². The number of ether oxygens (including phenoxy) is 1. The van der Waals surface area contributed by atoms with Crippen LogP contribution in [0.15, 0.2) is 30.3 Å². The molecule has 0 aliphatic rings. The summed E-state index contributed by atoms with van der Waals surface area (Å²) in [5.41, 5.74) is 5.80. The minimum absolute atomic E-state index is 0.520. The third kappa shape index (κ3) is 1.48. The highest BCUT2D eigenvalue weighted by molar-refractivity contribution is 5.91. The van der Waals surface area contributed by atoms with Gasteiger partial charge in [0.25, 0.3) is 0 Å². The van der Waals surface area contributed by atoms with E-state index < -0.39 is 0 Å². The molecule has 0 aliphatic heterocycles. The number of anilines is 1. The van der Waals surface area contributed by atoms with Crippen molar-refractivity contribution in [3.05, 3.63) is 30.3 Å². The van der Waals surface area contributed by atoms with Gasteiger partial charge in [-0.1, -0.05) is 24.3 Å². The lowest BCUT2D eigenvalue weighted by molar-refractivity contribution is 0.328. The van der Waals surface area contributed by atoms with Gasteiger partial charge in [-0.25, -0.2) is 0 Å². The number of hydrogen-bond acceptors (Lipinski definition) is 3. The van der Waals surface area contributed by atoms with E-state index in [0.29, 0.717) is 18.3 Å². The Balaban J connectivity index is 2.60. The Bertz CT molecular complexity index is 454. The first-order chi connectivity index (χ1) is 6.81. The normalized spacial score (nSPS) is 10.4. The summed E-state index contributed by atoms with van der Waals surface area (Å²) in [6.07, 6.45) is 0. The van der Waals surface area contributed by atoms with Gasteiger partial charge in [0.1, 0.15) is 5.82 Å². The number of nitrogens with zero attached hydrogens (tertiary/aromatic N) is 1. The number of hydrogen-bond donors (Lipinski definition) is 1. The molecule has 2 rings (SSSR count). The summed E-state index contributed by atoms with van der Waals surface area (Å²) in [6.45, 7) is 2.53. The van der Waals surface area contributed by atoms with Crippen LogP contribution in [-0.2, 0) is 0 Å². The van der Waals surface area contributed by atoms with E-state index in [4.69, 9.17) is 10.5 Å². The Morgan fingerprint density at radius 2 is 2.14 bits per heavy atom. The number of fused-ring (bicyclic) bond motifs is 1. The third-order valence-electron chi connectivity index (χ3n) is 2.04. The van der Waals surface area contributed by atoms with E-state index in [9.17, 15) is 0 Å². The van der Waals surface area contributed by atoms with Gasteiger partial charge in [0.15, 0.2) is 0 Å². The topological polar surface area (TPSA) is 48.1 Å². The van der Waals surface area contributed by atoms with Crippen LogP contribution in [0.25, 0.3) is 10.8 Å². The summed E-state index contributed by atoms with van der Waals surface area (Å²) in [5, 5.41) is 2.03. The molecule has 14 heavy (non-hydrogen) atoms. The summed E-state index contributed by atoms with van der Waals surface area (Å²) in [4.78, 5) is 4.15. The van der Waals surface area contributed by atoms with E-state index in [1.807, 2.05) is 37.3 Å². The summed E-state index contributed by atoms with van der Waals surface area (Å²) in [7, 11) is 0. The van der Waals surface area contributed by atoms with Gasteiger partial charge >= 0.3 is 0 Å². The Hall–Kier alpha value is -1.77. The predicted molar refractivity (Wildman–Crippen MR) is 57.3 cm³/mol. The highest BCUT2D eigenvalue weighted by atomic mass is 16.5. The van der Waals surface area contributed by atoms with Crippen molar-refractivity contribution in [2.45, 2.75) is 6.92 Å². The molecule has 0 saturated carbocycles. The Labute approximate surface area is 82.5 Å². The van der Waals surface area contributed by atoms with Crippen molar-refractivity contribution in [3.8, 4) is 5.88 Å². The molecule has 0 aliphatic carbocycles. The second-order valence-electron chi connectivity index (χ2n) is 3.00. The minimum Gasteiger partial charge on any atom is -0.478 e. The average Bonchev–Trinajstić information content (AvgIpc) is 2.18. The molecule has 1 heterocycles. The Morgan fingerprint density at radius 3 is 2.93 bits per heavy atom. The molecule has 3 nitrogen and oxygen atoms in total. The van der Waals surface area contributed by atoms with Gasteiger partial charge in [0.2, 0.25) is 5.88 Å².